The molecule has 0 aromatic heterocycles. The van der Waals surface area contributed by atoms with Gasteiger partial charge in [0, 0.05) is 6.04 Å². The van der Waals surface area contributed by atoms with Crippen molar-refractivity contribution in [2.75, 3.05) is 19.8 Å². The van der Waals surface area contributed by atoms with E-state index in [1.54, 1.807) is 0 Å². The van der Waals surface area contributed by atoms with E-state index in [1.165, 1.54) is 31.2 Å². The molecular weight excluding hydrogens is 250 g/mol. The molecule has 1 aromatic carbocycles. The zero-order valence-corrected chi connectivity index (χ0v) is 11.9. The summed E-state index contributed by atoms with van der Waals surface area (Å²) in [5.41, 5.74) is 1.34. The van der Waals surface area contributed by atoms with Crippen LogP contribution in [0.25, 0.3) is 0 Å². The summed E-state index contributed by atoms with van der Waals surface area (Å²) in [6.45, 7) is 2.41. The molecule has 0 amide bonds. The normalized spacial score (nSPS) is 21.2. The van der Waals surface area contributed by atoms with Gasteiger partial charge in [0.2, 0.25) is 0 Å². The first-order valence-corrected chi connectivity index (χ1v) is 8.02. The predicted molar refractivity (Wildman–Crippen MR) is 78.4 cm³/mol. The van der Waals surface area contributed by atoms with Crippen LogP contribution in [0.2, 0.25) is 0 Å². The van der Waals surface area contributed by atoms with Gasteiger partial charge in [0.15, 0.2) is 11.5 Å². The molecule has 3 aliphatic rings. The van der Waals surface area contributed by atoms with Gasteiger partial charge in [-0.3, -0.25) is 0 Å². The maximum Gasteiger partial charge on any atom is 0.161 e. The zero-order valence-electron chi connectivity index (χ0n) is 11.9. The van der Waals surface area contributed by atoms with Crippen molar-refractivity contribution >= 4 is 0 Å². The van der Waals surface area contributed by atoms with Gasteiger partial charge in [0.05, 0.1) is 0 Å². The molecule has 2 fully saturated rings. The van der Waals surface area contributed by atoms with Gasteiger partial charge in [-0.05, 0) is 68.2 Å². The summed E-state index contributed by atoms with van der Waals surface area (Å²) in [5.74, 6) is 3.75. The lowest BCUT2D eigenvalue weighted by atomic mass is 10.1. The van der Waals surface area contributed by atoms with Crippen molar-refractivity contribution in [3.05, 3.63) is 23.8 Å². The van der Waals surface area contributed by atoms with Crippen LogP contribution in [0, 0.1) is 11.8 Å². The first kappa shape index (κ1) is 12.5. The standard InChI is InChI=1S/C17H23NO2/c1-6-15-16(20-10-9-19-15)11-12(1)7-8-18-17(13-2-3-13)14-4-5-14/h1,6,11,13-14,17-18H,2-5,7-10H2. The van der Waals surface area contributed by atoms with E-state index in [4.69, 9.17) is 9.47 Å². The van der Waals surface area contributed by atoms with E-state index in [-0.39, 0.29) is 0 Å². The summed E-state index contributed by atoms with van der Waals surface area (Å²) >= 11 is 0. The van der Waals surface area contributed by atoms with Gasteiger partial charge in [-0.1, -0.05) is 6.07 Å². The Kier molecular flexibility index (Phi) is 3.31. The Labute approximate surface area is 120 Å². The summed E-state index contributed by atoms with van der Waals surface area (Å²) in [7, 11) is 0. The van der Waals surface area contributed by atoms with Crippen molar-refractivity contribution in [3.8, 4) is 11.5 Å². The molecule has 4 rings (SSSR count). The molecule has 2 aliphatic carbocycles. The highest BCUT2D eigenvalue weighted by molar-refractivity contribution is 5.43. The zero-order chi connectivity index (χ0) is 13.4. The largest absolute Gasteiger partial charge is 0.486 e. The summed E-state index contributed by atoms with van der Waals surface area (Å²) in [6.07, 6.45) is 6.85. The van der Waals surface area contributed by atoms with Crippen LogP contribution in [0.4, 0.5) is 0 Å². The summed E-state index contributed by atoms with van der Waals surface area (Å²) in [5, 5.41) is 3.80. The molecule has 0 atom stereocenters. The number of ether oxygens (including phenoxy) is 2. The highest BCUT2D eigenvalue weighted by atomic mass is 16.6. The molecule has 20 heavy (non-hydrogen) atoms. The van der Waals surface area contributed by atoms with E-state index in [0.717, 1.165) is 42.3 Å². The first-order valence-electron chi connectivity index (χ1n) is 8.02. The van der Waals surface area contributed by atoms with E-state index in [1.807, 2.05) is 6.07 Å². The Balaban J connectivity index is 1.32. The molecule has 2 saturated carbocycles. The van der Waals surface area contributed by atoms with Gasteiger partial charge in [-0.25, -0.2) is 0 Å². The smallest absolute Gasteiger partial charge is 0.161 e. The number of nitrogens with one attached hydrogen (secondary N) is 1. The summed E-state index contributed by atoms with van der Waals surface area (Å²) in [6, 6.07) is 7.15. The minimum absolute atomic E-state index is 0.665. The second-order valence-electron chi connectivity index (χ2n) is 6.38. The van der Waals surface area contributed by atoms with Crippen molar-refractivity contribution in [2.45, 2.75) is 38.1 Å². The fourth-order valence-corrected chi connectivity index (χ4v) is 3.26. The van der Waals surface area contributed by atoms with Gasteiger partial charge in [0.1, 0.15) is 13.2 Å². The number of hydrogen-bond donors (Lipinski definition) is 1. The van der Waals surface area contributed by atoms with E-state index in [0.29, 0.717) is 13.2 Å². The quantitative estimate of drug-likeness (QED) is 0.864. The third kappa shape index (κ3) is 2.78. The topological polar surface area (TPSA) is 30.5 Å². The number of fused-ring (bicyclic) bond motifs is 1. The van der Waals surface area contributed by atoms with Crippen LogP contribution in [0.3, 0.4) is 0 Å². The molecule has 0 saturated heterocycles. The molecular formula is C17H23NO2. The second kappa shape index (κ2) is 5.28. The van der Waals surface area contributed by atoms with Gasteiger partial charge in [-0.15, -0.1) is 0 Å². The number of hydrogen-bond acceptors (Lipinski definition) is 3. The molecule has 3 nitrogen and oxygen atoms in total. The molecule has 108 valence electrons. The van der Waals surface area contributed by atoms with Gasteiger partial charge in [-0.2, -0.15) is 0 Å². The van der Waals surface area contributed by atoms with Gasteiger partial charge < -0.3 is 14.8 Å². The Morgan fingerprint density at radius 2 is 1.70 bits per heavy atom. The van der Waals surface area contributed by atoms with Crippen LogP contribution < -0.4 is 14.8 Å². The monoisotopic (exact) mass is 273 g/mol. The Bertz CT molecular complexity index is 468. The SMILES string of the molecule is c1cc2c(cc1CCNC(C1CC1)C1CC1)OCCO2. The van der Waals surface area contributed by atoms with E-state index in [9.17, 15) is 0 Å². The van der Waals surface area contributed by atoms with Crippen molar-refractivity contribution in [1.82, 2.24) is 5.32 Å². The summed E-state index contributed by atoms with van der Waals surface area (Å²) in [4.78, 5) is 0. The molecule has 1 heterocycles. The Morgan fingerprint density at radius 3 is 2.40 bits per heavy atom. The van der Waals surface area contributed by atoms with Crippen LogP contribution in [0.1, 0.15) is 31.2 Å². The van der Waals surface area contributed by atoms with Crippen molar-refractivity contribution in [3.63, 3.8) is 0 Å². The highest BCUT2D eigenvalue weighted by Gasteiger charge is 2.40. The predicted octanol–water partition coefficient (Wildman–Crippen LogP) is 2.78. The highest BCUT2D eigenvalue weighted by Crippen LogP contribution is 2.44. The van der Waals surface area contributed by atoms with Crippen LogP contribution in [0.5, 0.6) is 11.5 Å². The Hall–Kier alpha value is -1.22. The molecule has 0 radical (unpaired) electrons. The average Bonchev–Trinajstić information content (AvgIpc) is 3.37. The lowest BCUT2D eigenvalue weighted by Crippen LogP contribution is -2.34. The molecule has 1 N–H and O–H groups in total. The fourth-order valence-electron chi connectivity index (χ4n) is 3.26. The van der Waals surface area contributed by atoms with Crippen molar-refractivity contribution in [2.24, 2.45) is 11.8 Å². The lowest BCUT2D eigenvalue weighted by Gasteiger charge is -2.20. The molecule has 0 unspecified atom stereocenters. The van der Waals surface area contributed by atoms with Crippen LogP contribution >= 0.6 is 0 Å². The lowest BCUT2D eigenvalue weighted by molar-refractivity contribution is 0.171. The van der Waals surface area contributed by atoms with E-state index in [2.05, 4.69) is 17.4 Å². The van der Waals surface area contributed by atoms with Crippen LogP contribution in [0.15, 0.2) is 18.2 Å². The second-order valence-corrected chi connectivity index (χ2v) is 6.38. The van der Waals surface area contributed by atoms with E-state index < -0.39 is 0 Å². The maximum atomic E-state index is 5.64. The van der Waals surface area contributed by atoms with Crippen molar-refractivity contribution < 1.29 is 9.47 Å². The minimum atomic E-state index is 0.665. The number of rotatable bonds is 6. The fraction of sp³-hybridized carbons (Fsp3) is 0.647. The van der Waals surface area contributed by atoms with Crippen molar-refractivity contribution in [1.29, 1.82) is 0 Å². The minimum Gasteiger partial charge on any atom is -0.486 e. The maximum absolute atomic E-state index is 5.64. The van der Waals surface area contributed by atoms with Crippen LogP contribution in [-0.2, 0) is 6.42 Å². The van der Waals surface area contributed by atoms with Crippen LogP contribution in [-0.4, -0.2) is 25.8 Å². The molecule has 3 heteroatoms. The average molecular weight is 273 g/mol. The van der Waals surface area contributed by atoms with E-state index >= 15 is 0 Å². The molecule has 1 aromatic rings. The van der Waals surface area contributed by atoms with Gasteiger partial charge in [0.25, 0.3) is 0 Å². The number of benzene rings is 1. The molecule has 1 aliphatic heterocycles. The Morgan fingerprint density at radius 1 is 1.00 bits per heavy atom. The third-order valence-corrected chi connectivity index (χ3v) is 4.66. The summed E-state index contributed by atoms with van der Waals surface area (Å²) < 4.78 is 11.2. The third-order valence-electron chi connectivity index (χ3n) is 4.66. The van der Waals surface area contributed by atoms with Gasteiger partial charge >= 0.3 is 0 Å². The molecule has 0 bridgehead atoms. The first-order chi connectivity index (χ1) is 9.90. The molecule has 0 spiro atoms.